The van der Waals surface area contributed by atoms with Crippen LogP contribution in [0.4, 0.5) is 0 Å². The van der Waals surface area contributed by atoms with Crippen molar-refractivity contribution >= 4 is 11.9 Å². The Morgan fingerprint density at radius 2 is 1.90 bits per heavy atom. The summed E-state index contributed by atoms with van der Waals surface area (Å²) < 4.78 is 5.53. The zero-order valence-corrected chi connectivity index (χ0v) is 18.9. The number of nitrogens with one attached hydrogen (secondary N) is 1. The SMILES string of the molecule is CCNC(=NCc1cccc(CN2CCCC2=O)c1)N(C)Cc1ccc(OCC)cc1. The van der Waals surface area contributed by atoms with Crippen LogP contribution in [-0.2, 0) is 24.4 Å². The number of ether oxygens (including phenoxy) is 1. The normalized spacial score (nSPS) is 14.1. The Morgan fingerprint density at radius 3 is 2.58 bits per heavy atom. The Balaban J connectivity index is 1.63. The van der Waals surface area contributed by atoms with E-state index in [4.69, 9.17) is 9.73 Å². The van der Waals surface area contributed by atoms with E-state index < -0.39 is 0 Å². The van der Waals surface area contributed by atoms with Gasteiger partial charge in [-0.25, -0.2) is 4.99 Å². The van der Waals surface area contributed by atoms with E-state index in [1.807, 2.05) is 31.0 Å². The molecule has 31 heavy (non-hydrogen) atoms. The molecule has 1 aliphatic heterocycles. The van der Waals surface area contributed by atoms with E-state index in [0.29, 0.717) is 26.1 Å². The standard InChI is InChI=1S/C25H34N4O2/c1-4-26-25(28(3)18-20-11-13-23(14-12-20)31-5-2)27-17-21-8-6-9-22(16-21)19-29-15-7-10-24(29)30/h6,8-9,11-14,16H,4-5,7,10,15,17-19H2,1-3H3,(H,26,27). The monoisotopic (exact) mass is 422 g/mol. The molecule has 1 fully saturated rings. The summed E-state index contributed by atoms with van der Waals surface area (Å²) >= 11 is 0. The molecule has 0 aliphatic carbocycles. The number of amides is 1. The van der Waals surface area contributed by atoms with Gasteiger partial charge in [-0.1, -0.05) is 36.4 Å². The highest BCUT2D eigenvalue weighted by Gasteiger charge is 2.19. The maximum Gasteiger partial charge on any atom is 0.222 e. The maximum atomic E-state index is 11.9. The highest BCUT2D eigenvalue weighted by atomic mass is 16.5. The van der Waals surface area contributed by atoms with Crippen LogP contribution < -0.4 is 10.1 Å². The molecule has 0 atom stereocenters. The summed E-state index contributed by atoms with van der Waals surface area (Å²) in [6.45, 7) is 8.45. The molecule has 0 saturated carbocycles. The number of nitrogens with zero attached hydrogens (tertiary/aromatic N) is 3. The van der Waals surface area contributed by atoms with Gasteiger partial charge in [-0.2, -0.15) is 0 Å². The number of hydrogen-bond donors (Lipinski definition) is 1. The molecule has 2 aromatic rings. The van der Waals surface area contributed by atoms with Crippen LogP contribution in [0.15, 0.2) is 53.5 Å². The molecule has 3 rings (SSSR count). The lowest BCUT2D eigenvalue weighted by Crippen LogP contribution is -2.38. The van der Waals surface area contributed by atoms with Gasteiger partial charge in [-0.15, -0.1) is 0 Å². The molecule has 0 bridgehead atoms. The van der Waals surface area contributed by atoms with Gasteiger partial charge in [0.1, 0.15) is 5.75 Å². The van der Waals surface area contributed by atoms with Crippen LogP contribution in [0.3, 0.4) is 0 Å². The highest BCUT2D eigenvalue weighted by molar-refractivity contribution is 5.79. The minimum atomic E-state index is 0.258. The van der Waals surface area contributed by atoms with E-state index in [1.165, 1.54) is 5.56 Å². The van der Waals surface area contributed by atoms with Crippen molar-refractivity contribution in [1.29, 1.82) is 0 Å². The number of benzene rings is 2. The first-order valence-electron chi connectivity index (χ1n) is 11.2. The van der Waals surface area contributed by atoms with Crippen molar-refractivity contribution in [2.24, 2.45) is 4.99 Å². The highest BCUT2D eigenvalue weighted by Crippen LogP contribution is 2.16. The summed E-state index contributed by atoms with van der Waals surface area (Å²) in [6, 6.07) is 16.6. The number of likely N-dealkylation sites (tertiary alicyclic amines) is 1. The number of carbonyl (C=O) groups excluding carboxylic acids is 1. The van der Waals surface area contributed by atoms with Gasteiger partial charge in [-0.05, 0) is 49.1 Å². The Morgan fingerprint density at radius 1 is 1.13 bits per heavy atom. The van der Waals surface area contributed by atoms with E-state index >= 15 is 0 Å². The Kier molecular flexibility index (Phi) is 8.33. The summed E-state index contributed by atoms with van der Waals surface area (Å²) in [5.41, 5.74) is 3.51. The molecular weight excluding hydrogens is 388 g/mol. The third kappa shape index (κ3) is 6.74. The molecule has 0 spiro atoms. The van der Waals surface area contributed by atoms with Gasteiger partial charge in [0.15, 0.2) is 5.96 Å². The number of carbonyl (C=O) groups is 1. The number of hydrogen-bond acceptors (Lipinski definition) is 3. The van der Waals surface area contributed by atoms with Crippen LogP contribution in [0.25, 0.3) is 0 Å². The molecule has 0 aromatic heterocycles. The zero-order valence-electron chi connectivity index (χ0n) is 18.9. The largest absolute Gasteiger partial charge is 0.494 e. The lowest BCUT2D eigenvalue weighted by molar-refractivity contribution is -0.128. The van der Waals surface area contributed by atoms with Crippen LogP contribution in [0.2, 0.25) is 0 Å². The predicted molar refractivity (Wildman–Crippen MR) is 125 cm³/mol. The van der Waals surface area contributed by atoms with Crippen molar-refractivity contribution in [3.05, 3.63) is 65.2 Å². The van der Waals surface area contributed by atoms with Crippen LogP contribution in [0.5, 0.6) is 5.75 Å². The van der Waals surface area contributed by atoms with Crippen LogP contribution in [0.1, 0.15) is 43.4 Å². The van der Waals surface area contributed by atoms with Crippen molar-refractivity contribution in [1.82, 2.24) is 15.1 Å². The van der Waals surface area contributed by atoms with E-state index in [0.717, 1.165) is 48.9 Å². The molecular formula is C25H34N4O2. The fourth-order valence-electron chi connectivity index (χ4n) is 3.76. The summed E-state index contributed by atoms with van der Waals surface area (Å²) in [5.74, 6) is 2.02. The zero-order chi connectivity index (χ0) is 22.1. The predicted octanol–water partition coefficient (Wildman–Crippen LogP) is 3.81. The number of aliphatic imine (C=N–C) groups is 1. The van der Waals surface area contributed by atoms with Crippen molar-refractivity contribution in [2.45, 2.75) is 46.3 Å². The first kappa shape index (κ1) is 22.7. The molecule has 1 amide bonds. The molecule has 6 nitrogen and oxygen atoms in total. The first-order chi connectivity index (χ1) is 15.1. The molecule has 166 valence electrons. The summed E-state index contributed by atoms with van der Waals surface area (Å²) in [5, 5.41) is 3.38. The van der Waals surface area contributed by atoms with Gasteiger partial charge in [0, 0.05) is 39.6 Å². The number of rotatable bonds is 9. The smallest absolute Gasteiger partial charge is 0.222 e. The molecule has 2 aromatic carbocycles. The second-order valence-corrected chi connectivity index (χ2v) is 7.84. The third-order valence-corrected chi connectivity index (χ3v) is 5.30. The summed E-state index contributed by atoms with van der Waals surface area (Å²) in [4.78, 5) is 20.8. The van der Waals surface area contributed by atoms with Crippen LogP contribution in [-0.4, -0.2) is 48.4 Å². The van der Waals surface area contributed by atoms with Crippen molar-refractivity contribution in [2.75, 3.05) is 26.7 Å². The van der Waals surface area contributed by atoms with E-state index in [9.17, 15) is 4.79 Å². The first-order valence-corrected chi connectivity index (χ1v) is 11.2. The Bertz CT molecular complexity index is 879. The number of guanidine groups is 1. The maximum absolute atomic E-state index is 11.9. The summed E-state index contributed by atoms with van der Waals surface area (Å²) in [6.07, 6.45) is 1.65. The lowest BCUT2D eigenvalue weighted by Gasteiger charge is -2.22. The van der Waals surface area contributed by atoms with Crippen molar-refractivity contribution in [3.8, 4) is 5.75 Å². The molecule has 6 heteroatoms. The Labute approximate surface area is 185 Å². The average molecular weight is 423 g/mol. The van der Waals surface area contributed by atoms with Crippen molar-refractivity contribution < 1.29 is 9.53 Å². The minimum Gasteiger partial charge on any atom is -0.494 e. The molecule has 1 heterocycles. The van der Waals surface area contributed by atoms with Gasteiger partial charge in [0.2, 0.25) is 5.91 Å². The minimum absolute atomic E-state index is 0.258. The molecule has 0 radical (unpaired) electrons. The average Bonchev–Trinajstić information content (AvgIpc) is 3.17. The van der Waals surface area contributed by atoms with E-state index in [1.54, 1.807) is 0 Å². The molecule has 1 saturated heterocycles. The topological polar surface area (TPSA) is 57.2 Å². The Hall–Kier alpha value is -3.02. The van der Waals surface area contributed by atoms with Gasteiger partial charge < -0.3 is 19.9 Å². The van der Waals surface area contributed by atoms with Gasteiger partial charge in [0.05, 0.1) is 13.2 Å². The van der Waals surface area contributed by atoms with Gasteiger partial charge >= 0.3 is 0 Å². The molecule has 1 N–H and O–H groups in total. The quantitative estimate of drug-likeness (QED) is 0.493. The third-order valence-electron chi connectivity index (χ3n) is 5.30. The molecule has 0 unspecified atom stereocenters. The lowest BCUT2D eigenvalue weighted by atomic mass is 10.1. The van der Waals surface area contributed by atoms with Gasteiger partial charge in [-0.3, -0.25) is 4.79 Å². The van der Waals surface area contributed by atoms with E-state index in [-0.39, 0.29) is 5.91 Å². The summed E-state index contributed by atoms with van der Waals surface area (Å²) in [7, 11) is 2.05. The van der Waals surface area contributed by atoms with E-state index in [2.05, 4.69) is 53.5 Å². The molecule has 1 aliphatic rings. The fraction of sp³-hybridized carbons (Fsp3) is 0.440. The second-order valence-electron chi connectivity index (χ2n) is 7.84. The van der Waals surface area contributed by atoms with Gasteiger partial charge in [0.25, 0.3) is 0 Å². The van der Waals surface area contributed by atoms with Crippen LogP contribution in [0, 0.1) is 0 Å². The fourth-order valence-corrected chi connectivity index (χ4v) is 3.76. The van der Waals surface area contributed by atoms with Crippen LogP contribution >= 0.6 is 0 Å². The second kappa shape index (κ2) is 11.4. The van der Waals surface area contributed by atoms with Crippen molar-refractivity contribution in [3.63, 3.8) is 0 Å².